The molecule has 4 nitrogen and oxygen atoms in total. The number of carbonyl (C=O) groups excluding carboxylic acids is 1. The van der Waals surface area contributed by atoms with Crippen LogP contribution in [-0.4, -0.2) is 19.6 Å². The predicted octanol–water partition coefficient (Wildman–Crippen LogP) is 3.57. The smallest absolute Gasteiger partial charge is 0.258 e. The Morgan fingerprint density at radius 2 is 1.74 bits per heavy atom. The molecule has 0 unspecified atom stereocenters. The van der Waals surface area contributed by atoms with Gasteiger partial charge in [0.2, 0.25) is 0 Å². The fourth-order valence-electron chi connectivity index (χ4n) is 2.41. The van der Waals surface area contributed by atoms with Crippen molar-refractivity contribution < 1.29 is 14.3 Å². The Morgan fingerprint density at radius 3 is 2.39 bits per heavy atom. The first kappa shape index (κ1) is 16.9. The molecule has 2 aromatic rings. The zero-order chi connectivity index (χ0) is 16.8. The molecule has 1 atom stereocenters. The Balaban J connectivity index is 1.89. The lowest BCUT2D eigenvalue weighted by atomic mass is 10.00. The number of amides is 1. The van der Waals surface area contributed by atoms with Crippen LogP contribution in [0.4, 0.5) is 0 Å². The number of aryl methyl sites for hydroxylation is 2. The van der Waals surface area contributed by atoms with E-state index in [4.69, 9.17) is 9.47 Å². The zero-order valence-corrected chi connectivity index (χ0v) is 14.1. The third-order valence-electron chi connectivity index (χ3n) is 3.71. The molecule has 122 valence electrons. The molecule has 0 saturated heterocycles. The summed E-state index contributed by atoms with van der Waals surface area (Å²) in [5.74, 6) is 1.25. The molecule has 0 bridgehead atoms. The van der Waals surface area contributed by atoms with Gasteiger partial charge in [-0.1, -0.05) is 23.8 Å². The molecular formula is C19H23NO3. The van der Waals surface area contributed by atoms with Gasteiger partial charge >= 0.3 is 0 Å². The lowest BCUT2D eigenvalue weighted by molar-refractivity contribution is -0.123. The van der Waals surface area contributed by atoms with Crippen LogP contribution in [0.2, 0.25) is 0 Å². The maximum atomic E-state index is 12.1. The van der Waals surface area contributed by atoms with Gasteiger partial charge in [-0.15, -0.1) is 0 Å². The third kappa shape index (κ3) is 4.74. The molecule has 2 rings (SSSR count). The number of methoxy groups -OCH3 is 1. The van der Waals surface area contributed by atoms with E-state index in [-0.39, 0.29) is 18.6 Å². The van der Waals surface area contributed by atoms with E-state index < -0.39 is 0 Å². The van der Waals surface area contributed by atoms with Crippen molar-refractivity contribution in [3.63, 3.8) is 0 Å². The van der Waals surface area contributed by atoms with Gasteiger partial charge in [-0.3, -0.25) is 4.79 Å². The van der Waals surface area contributed by atoms with Crippen molar-refractivity contribution >= 4 is 5.91 Å². The molecular weight excluding hydrogens is 290 g/mol. The van der Waals surface area contributed by atoms with Crippen LogP contribution in [0.1, 0.15) is 29.7 Å². The molecule has 1 N–H and O–H groups in total. The second-order valence-electron chi connectivity index (χ2n) is 5.61. The first-order valence-corrected chi connectivity index (χ1v) is 7.63. The van der Waals surface area contributed by atoms with Gasteiger partial charge in [0.1, 0.15) is 11.5 Å². The van der Waals surface area contributed by atoms with E-state index in [0.717, 1.165) is 11.3 Å². The van der Waals surface area contributed by atoms with E-state index in [0.29, 0.717) is 5.75 Å². The fourth-order valence-corrected chi connectivity index (χ4v) is 2.41. The van der Waals surface area contributed by atoms with Crippen LogP contribution in [0.3, 0.4) is 0 Å². The summed E-state index contributed by atoms with van der Waals surface area (Å²) in [5, 5.41) is 2.97. The van der Waals surface area contributed by atoms with E-state index in [2.05, 4.69) is 23.5 Å². The van der Waals surface area contributed by atoms with Gasteiger partial charge in [-0.25, -0.2) is 0 Å². The SMILES string of the molecule is COc1ccc(OCC(=O)N[C@H](C)c2cc(C)ccc2C)cc1. The van der Waals surface area contributed by atoms with Crippen molar-refractivity contribution in [1.29, 1.82) is 0 Å². The fraction of sp³-hybridized carbons (Fsp3) is 0.316. The summed E-state index contributed by atoms with van der Waals surface area (Å²) in [6, 6.07) is 13.3. The Hall–Kier alpha value is -2.49. The Labute approximate surface area is 137 Å². The van der Waals surface area contributed by atoms with Crippen LogP contribution >= 0.6 is 0 Å². The lowest BCUT2D eigenvalue weighted by Gasteiger charge is -2.17. The quantitative estimate of drug-likeness (QED) is 0.887. The second kappa shape index (κ2) is 7.68. The van der Waals surface area contributed by atoms with E-state index in [1.807, 2.05) is 20.8 Å². The number of nitrogens with one attached hydrogen (secondary N) is 1. The number of hydrogen-bond donors (Lipinski definition) is 1. The summed E-state index contributed by atoms with van der Waals surface area (Å²) in [4.78, 5) is 12.1. The highest BCUT2D eigenvalue weighted by molar-refractivity contribution is 5.78. The average molecular weight is 313 g/mol. The van der Waals surface area contributed by atoms with Crippen molar-refractivity contribution in [3.05, 3.63) is 59.2 Å². The number of rotatable bonds is 6. The van der Waals surface area contributed by atoms with E-state index in [9.17, 15) is 4.79 Å². The van der Waals surface area contributed by atoms with Crippen LogP contribution in [-0.2, 0) is 4.79 Å². The standard InChI is InChI=1S/C19H23NO3/c1-13-5-6-14(2)18(11-13)15(3)20-19(21)12-23-17-9-7-16(22-4)8-10-17/h5-11,15H,12H2,1-4H3,(H,20,21)/t15-/m1/s1. The summed E-state index contributed by atoms with van der Waals surface area (Å²) in [7, 11) is 1.61. The van der Waals surface area contributed by atoms with Crippen molar-refractivity contribution in [2.24, 2.45) is 0 Å². The Morgan fingerprint density at radius 1 is 1.09 bits per heavy atom. The van der Waals surface area contributed by atoms with Gasteiger partial charge in [-0.05, 0) is 56.2 Å². The van der Waals surface area contributed by atoms with Crippen LogP contribution < -0.4 is 14.8 Å². The molecule has 0 aromatic heterocycles. The number of ether oxygens (including phenoxy) is 2. The molecule has 23 heavy (non-hydrogen) atoms. The maximum absolute atomic E-state index is 12.1. The molecule has 0 radical (unpaired) electrons. The van der Waals surface area contributed by atoms with Gasteiger partial charge in [-0.2, -0.15) is 0 Å². The monoisotopic (exact) mass is 313 g/mol. The summed E-state index contributed by atoms with van der Waals surface area (Å²) in [6.45, 7) is 6.06. The first-order chi connectivity index (χ1) is 11.0. The van der Waals surface area contributed by atoms with Crippen LogP contribution in [0.15, 0.2) is 42.5 Å². The highest BCUT2D eigenvalue weighted by Gasteiger charge is 2.12. The zero-order valence-electron chi connectivity index (χ0n) is 14.1. The Bertz CT molecular complexity index is 665. The molecule has 4 heteroatoms. The molecule has 0 aliphatic heterocycles. The third-order valence-corrected chi connectivity index (χ3v) is 3.71. The minimum Gasteiger partial charge on any atom is -0.497 e. The topological polar surface area (TPSA) is 47.6 Å². The van der Waals surface area contributed by atoms with Gasteiger partial charge in [0.05, 0.1) is 13.2 Å². The normalized spacial score (nSPS) is 11.7. The Kier molecular flexibility index (Phi) is 5.63. The number of carbonyl (C=O) groups is 1. The van der Waals surface area contributed by atoms with Crippen LogP contribution in [0.25, 0.3) is 0 Å². The molecule has 1 amide bonds. The average Bonchev–Trinajstić information content (AvgIpc) is 2.55. The van der Waals surface area contributed by atoms with E-state index >= 15 is 0 Å². The highest BCUT2D eigenvalue weighted by atomic mass is 16.5. The minimum absolute atomic E-state index is 0.0124. The molecule has 0 aliphatic rings. The van der Waals surface area contributed by atoms with Crippen molar-refractivity contribution in [3.8, 4) is 11.5 Å². The van der Waals surface area contributed by atoms with Crippen LogP contribution in [0.5, 0.6) is 11.5 Å². The summed E-state index contributed by atoms with van der Waals surface area (Å²) >= 11 is 0. The number of benzene rings is 2. The largest absolute Gasteiger partial charge is 0.497 e. The van der Waals surface area contributed by atoms with Crippen molar-refractivity contribution in [2.45, 2.75) is 26.8 Å². The first-order valence-electron chi connectivity index (χ1n) is 7.63. The number of hydrogen-bond acceptors (Lipinski definition) is 3. The molecule has 0 spiro atoms. The molecule has 0 saturated carbocycles. The maximum Gasteiger partial charge on any atom is 0.258 e. The summed E-state index contributed by atoms with van der Waals surface area (Å²) < 4.78 is 10.6. The predicted molar refractivity (Wildman–Crippen MR) is 91.0 cm³/mol. The lowest BCUT2D eigenvalue weighted by Crippen LogP contribution is -2.31. The van der Waals surface area contributed by atoms with E-state index in [1.54, 1.807) is 31.4 Å². The van der Waals surface area contributed by atoms with E-state index in [1.165, 1.54) is 11.1 Å². The van der Waals surface area contributed by atoms with Gasteiger partial charge < -0.3 is 14.8 Å². The van der Waals surface area contributed by atoms with Crippen molar-refractivity contribution in [2.75, 3.05) is 13.7 Å². The van der Waals surface area contributed by atoms with Crippen LogP contribution in [0, 0.1) is 13.8 Å². The molecule has 0 heterocycles. The van der Waals surface area contributed by atoms with Gasteiger partial charge in [0, 0.05) is 0 Å². The molecule has 0 aliphatic carbocycles. The van der Waals surface area contributed by atoms with Gasteiger partial charge in [0.15, 0.2) is 6.61 Å². The molecule has 2 aromatic carbocycles. The highest BCUT2D eigenvalue weighted by Crippen LogP contribution is 2.19. The van der Waals surface area contributed by atoms with Crippen molar-refractivity contribution in [1.82, 2.24) is 5.32 Å². The molecule has 0 fully saturated rings. The van der Waals surface area contributed by atoms with Gasteiger partial charge in [0.25, 0.3) is 5.91 Å². The minimum atomic E-state index is -0.144. The summed E-state index contributed by atoms with van der Waals surface area (Å²) in [6.07, 6.45) is 0. The summed E-state index contributed by atoms with van der Waals surface area (Å²) in [5.41, 5.74) is 3.48. The second-order valence-corrected chi connectivity index (χ2v) is 5.61.